The Morgan fingerprint density at radius 2 is 2.19 bits per heavy atom. The van der Waals surface area contributed by atoms with Crippen molar-refractivity contribution in [2.24, 2.45) is 5.73 Å². The Hall–Kier alpha value is -3.25. The van der Waals surface area contributed by atoms with E-state index in [9.17, 15) is 9.59 Å². The number of imidazole rings is 1. The second kappa shape index (κ2) is 10.2. The van der Waals surface area contributed by atoms with E-state index in [1.165, 1.54) is 7.11 Å². The molecule has 0 bridgehead atoms. The molecule has 0 spiro atoms. The van der Waals surface area contributed by atoms with Gasteiger partial charge in [0.2, 0.25) is 0 Å². The van der Waals surface area contributed by atoms with E-state index < -0.39 is 5.97 Å². The van der Waals surface area contributed by atoms with Crippen LogP contribution in [0.4, 0.5) is 5.82 Å². The van der Waals surface area contributed by atoms with E-state index in [0.29, 0.717) is 49.8 Å². The second-order valence-corrected chi connectivity index (χ2v) is 7.11. The lowest BCUT2D eigenvalue weighted by Gasteiger charge is -2.16. The number of ether oxygens (including phenoxy) is 2. The van der Waals surface area contributed by atoms with Crippen LogP contribution in [0.1, 0.15) is 28.9 Å². The number of likely N-dealkylation sites (tertiary alicyclic amines) is 1. The lowest BCUT2D eigenvalue weighted by Crippen LogP contribution is -2.31. The predicted molar refractivity (Wildman–Crippen MR) is 111 cm³/mol. The van der Waals surface area contributed by atoms with E-state index in [0.717, 1.165) is 12.0 Å². The third kappa shape index (κ3) is 5.27. The summed E-state index contributed by atoms with van der Waals surface area (Å²) in [7, 11) is 3.06. The smallest absolute Gasteiger partial charge is 0.322 e. The number of carbonyl (C=O) groups is 2. The second-order valence-electron chi connectivity index (χ2n) is 7.11. The van der Waals surface area contributed by atoms with E-state index in [-0.39, 0.29) is 30.1 Å². The maximum atomic E-state index is 12.9. The number of hydrogen-bond donors (Lipinski definition) is 4. The number of rotatable bonds is 10. The molecule has 0 aliphatic carbocycles. The van der Waals surface area contributed by atoms with Crippen LogP contribution < -0.4 is 15.8 Å². The summed E-state index contributed by atoms with van der Waals surface area (Å²) in [6.07, 6.45) is 2.07. The predicted octanol–water partition coefficient (Wildman–Crippen LogP) is 0.124. The van der Waals surface area contributed by atoms with Crippen molar-refractivity contribution >= 4 is 17.7 Å². The third-order valence-corrected chi connectivity index (χ3v) is 5.01. The number of nitrogens with one attached hydrogen (secondary N) is 2. The van der Waals surface area contributed by atoms with Gasteiger partial charge in [-0.05, 0) is 37.4 Å². The molecule has 12 nitrogen and oxygen atoms in total. The molecule has 1 fully saturated rings. The van der Waals surface area contributed by atoms with Gasteiger partial charge in [0.1, 0.15) is 12.2 Å². The molecule has 1 atom stereocenters. The highest BCUT2D eigenvalue weighted by molar-refractivity contribution is 5.92. The van der Waals surface area contributed by atoms with Crippen LogP contribution in [0.2, 0.25) is 0 Å². The van der Waals surface area contributed by atoms with Crippen LogP contribution >= 0.6 is 0 Å². The maximum Gasteiger partial charge on any atom is 0.322 e. The summed E-state index contributed by atoms with van der Waals surface area (Å²) < 4.78 is 10.5. The van der Waals surface area contributed by atoms with Crippen molar-refractivity contribution in [2.75, 3.05) is 45.7 Å². The van der Waals surface area contributed by atoms with Crippen molar-refractivity contribution in [1.82, 2.24) is 25.1 Å². The number of carbonyl (C=O) groups excluding carboxylic acids is 1. The molecule has 0 aromatic carbocycles. The van der Waals surface area contributed by atoms with Gasteiger partial charge in [0.15, 0.2) is 17.3 Å². The molecule has 1 amide bonds. The zero-order valence-corrected chi connectivity index (χ0v) is 17.6. The topological polar surface area (TPSA) is 169 Å². The Kier molecular flexibility index (Phi) is 7.36. The molecule has 0 radical (unpaired) electrons. The molecule has 1 saturated heterocycles. The number of aromatic amines is 1. The van der Waals surface area contributed by atoms with Crippen molar-refractivity contribution in [3.8, 4) is 17.4 Å². The van der Waals surface area contributed by atoms with E-state index in [1.54, 1.807) is 18.1 Å². The molecule has 1 aliphatic heterocycles. The fraction of sp³-hybridized carbons (Fsp3) is 0.526. The van der Waals surface area contributed by atoms with E-state index in [4.69, 9.17) is 20.3 Å². The highest BCUT2D eigenvalue weighted by Crippen LogP contribution is 2.28. The molecular formula is C19H27N7O5. The summed E-state index contributed by atoms with van der Waals surface area (Å²) >= 11 is 0. The first-order chi connectivity index (χ1) is 15.0. The van der Waals surface area contributed by atoms with E-state index in [2.05, 4.69) is 25.5 Å². The van der Waals surface area contributed by atoms with Crippen LogP contribution in [-0.2, 0) is 16.0 Å². The number of H-pyrrole nitrogens is 1. The molecule has 3 rings (SSSR count). The molecule has 2 aromatic heterocycles. The highest BCUT2D eigenvalue weighted by atomic mass is 16.5. The number of aromatic nitrogens is 4. The highest BCUT2D eigenvalue weighted by Gasteiger charge is 2.28. The first kappa shape index (κ1) is 22.4. The van der Waals surface area contributed by atoms with Gasteiger partial charge in [0, 0.05) is 20.2 Å². The van der Waals surface area contributed by atoms with Crippen LogP contribution in [0.3, 0.4) is 0 Å². The standard InChI is InChI=1S/C19H27N7O5/c1-30-12-5-7-26(10-12)19(29)13-8-11(4-3-6-20)15(25-24-13)16-22-17(18(23-16)31-2)21-9-14(27)28/h8,12,21H,3-7,9-10,20H2,1-2H3,(H,22,23)(H,27,28). The van der Waals surface area contributed by atoms with Gasteiger partial charge >= 0.3 is 5.97 Å². The summed E-state index contributed by atoms with van der Waals surface area (Å²) in [5.41, 5.74) is 7.13. The number of anilines is 1. The van der Waals surface area contributed by atoms with Gasteiger partial charge in [-0.1, -0.05) is 0 Å². The summed E-state index contributed by atoms with van der Waals surface area (Å²) in [6.45, 7) is 1.28. The minimum Gasteiger partial charge on any atom is -0.480 e. The number of aryl methyl sites for hydroxylation is 1. The summed E-state index contributed by atoms with van der Waals surface area (Å²) in [6, 6.07) is 1.71. The van der Waals surface area contributed by atoms with Crippen LogP contribution in [0.5, 0.6) is 5.88 Å². The average molecular weight is 433 g/mol. The number of amides is 1. The molecule has 168 valence electrons. The third-order valence-electron chi connectivity index (χ3n) is 5.01. The van der Waals surface area contributed by atoms with Gasteiger partial charge in [-0.2, -0.15) is 4.98 Å². The molecule has 31 heavy (non-hydrogen) atoms. The number of methoxy groups -OCH3 is 2. The minimum absolute atomic E-state index is 0.0280. The molecule has 5 N–H and O–H groups in total. The number of carboxylic acids is 1. The number of aliphatic carboxylic acids is 1. The summed E-state index contributed by atoms with van der Waals surface area (Å²) in [5.74, 6) is -0.362. The van der Waals surface area contributed by atoms with Crippen molar-refractivity contribution < 1.29 is 24.2 Å². The van der Waals surface area contributed by atoms with Gasteiger partial charge in [-0.15, -0.1) is 10.2 Å². The van der Waals surface area contributed by atoms with Crippen molar-refractivity contribution in [3.05, 3.63) is 17.3 Å². The minimum atomic E-state index is -1.03. The lowest BCUT2D eigenvalue weighted by atomic mass is 10.1. The fourth-order valence-electron chi connectivity index (χ4n) is 3.39. The number of hydrogen-bond acceptors (Lipinski definition) is 9. The Morgan fingerprint density at radius 1 is 1.39 bits per heavy atom. The molecule has 2 aromatic rings. The fourth-order valence-corrected chi connectivity index (χ4v) is 3.39. The maximum absolute atomic E-state index is 12.9. The number of carboxylic acid groups (broad SMARTS) is 1. The van der Waals surface area contributed by atoms with Crippen LogP contribution in [0, 0.1) is 0 Å². The van der Waals surface area contributed by atoms with Crippen LogP contribution in [0.15, 0.2) is 6.07 Å². The Morgan fingerprint density at radius 3 is 2.84 bits per heavy atom. The van der Waals surface area contributed by atoms with Gasteiger partial charge in [0.05, 0.1) is 13.2 Å². The first-order valence-electron chi connectivity index (χ1n) is 9.95. The summed E-state index contributed by atoms with van der Waals surface area (Å²) in [5, 5.41) is 20.0. The van der Waals surface area contributed by atoms with E-state index in [1.807, 2.05) is 0 Å². The van der Waals surface area contributed by atoms with Crippen molar-refractivity contribution in [3.63, 3.8) is 0 Å². The van der Waals surface area contributed by atoms with Crippen molar-refractivity contribution in [1.29, 1.82) is 0 Å². The van der Waals surface area contributed by atoms with Gasteiger partial charge < -0.3 is 35.5 Å². The lowest BCUT2D eigenvalue weighted by molar-refractivity contribution is -0.134. The Bertz CT molecular complexity index is 932. The average Bonchev–Trinajstić information content (AvgIpc) is 3.42. The van der Waals surface area contributed by atoms with Gasteiger partial charge in [-0.25, -0.2) is 0 Å². The largest absolute Gasteiger partial charge is 0.480 e. The monoisotopic (exact) mass is 433 g/mol. The molecule has 12 heteroatoms. The van der Waals surface area contributed by atoms with Crippen LogP contribution in [0.25, 0.3) is 11.5 Å². The normalized spacial score (nSPS) is 15.8. The Labute approximate surface area is 179 Å². The van der Waals surface area contributed by atoms with Crippen LogP contribution in [-0.4, -0.2) is 88.6 Å². The van der Waals surface area contributed by atoms with Crippen molar-refractivity contribution in [2.45, 2.75) is 25.4 Å². The number of nitrogens with two attached hydrogens (primary N) is 1. The zero-order chi connectivity index (χ0) is 22.4. The molecule has 1 aliphatic rings. The molecule has 1 unspecified atom stereocenters. The SMILES string of the molecule is COc1nc(-c2nnc(C(=O)N3CCC(OC)C3)cc2CCCN)[nH]c1NCC(=O)O. The van der Waals surface area contributed by atoms with E-state index >= 15 is 0 Å². The van der Waals surface area contributed by atoms with Gasteiger partial charge in [-0.3, -0.25) is 9.59 Å². The Balaban J connectivity index is 1.90. The molecule has 3 heterocycles. The number of nitrogens with zero attached hydrogens (tertiary/aromatic N) is 4. The molecule has 0 saturated carbocycles. The zero-order valence-electron chi connectivity index (χ0n) is 17.6. The molecular weight excluding hydrogens is 406 g/mol. The quantitative estimate of drug-likeness (QED) is 0.404. The van der Waals surface area contributed by atoms with Gasteiger partial charge in [0.25, 0.3) is 11.8 Å². The summed E-state index contributed by atoms with van der Waals surface area (Å²) in [4.78, 5) is 32.8. The first-order valence-corrected chi connectivity index (χ1v) is 9.95.